The Labute approximate surface area is 75.8 Å². The van der Waals surface area contributed by atoms with Gasteiger partial charge in [0.05, 0.1) is 5.02 Å². The van der Waals surface area contributed by atoms with E-state index >= 15 is 0 Å². The summed E-state index contributed by atoms with van der Waals surface area (Å²) >= 11 is 5.87. The lowest BCUT2D eigenvalue weighted by molar-refractivity contribution is 1.01. The summed E-state index contributed by atoms with van der Waals surface area (Å²) in [4.78, 5) is 0. The Morgan fingerprint density at radius 1 is 1.50 bits per heavy atom. The van der Waals surface area contributed by atoms with E-state index in [-0.39, 0.29) is 0 Å². The van der Waals surface area contributed by atoms with Crippen molar-refractivity contribution in [2.24, 2.45) is 0 Å². The Hall–Kier alpha value is -1.03. The lowest BCUT2D eigenvalue weighted by Crippen LogP contribution is -2.05. The van der Waals surface area contributed by atoms with E-state index in [9.17, 15) is 0 Å². The average Bonchev–Trinajstić information content (AvgIpc) is 2.33. The first-order valence-electron chi connectivity index (χ1n) is 3.45. The third-order valence-electron chi connectivity index (χ3n) is 1.65. The Bertz CT molecular complexity index is 437. The van der Waals surface area contributed by atoms with E-state index in [1.165, 1.54) is 0 Å². The lowest BCUT2D eigenvalue weighted by atomic mass is 9.99. The van der Waals surface area contributed by atoms with Crippen molar-refractivity contribution in [3.8, 4) is 0 Å². The van der Waals surface area contributed by atoms with Crippen LogP contribution in [-0.2, 0) is 0 Å². The van der Waals surface area contributed by atoms with E-state index in [0.717, 1.165) is 5.82 Å². The number of fused-ring (bicyclic) bond motifs is 1. The van der Waals surface area contributed by atoms with Gasteiger partial charge in [0, 0.05) is 6.20 Å². The molecular weight excluding hydrogens is 172 g/mol. The molecule has 0 aromatic carbocycles. The van der Waals surface area contributed by atoms with Gasteiger partial charge in [-0.3, -0.25) is 4.40 Å². The first kappa shape index (κ1) is 7.62. The minimum atomic E-state index is 0.524. The number of halogens is 1. The van der Waals surface area contributed by atoms with Crippen LogP contribution >= 0.6 is 11.6 Å². The average molecular weight is 177 g/mol. The normalized spacial score (nSPS) is 10.8. The lowest BCUT2D eigenvalue weighted by Gasteiger charge is -1.98. The van der Waals surface area contributed by atoms with E-state index in [4.69, 9.17) is 19.4 Å². The van der Waals surface area contributed by atoms with E-state index in [2.05, 4.69) is 10.2 Å². The number of rotatable bonds is 0. The molecular formula is C7H5BClN3. The fraction of sp³-hybridized carbons (Fsp3) is 0.143. The number of aromatic nitrogens is 3. The second-order valence-electron chi connectivity index (χ2n) is 2.56. The molecule has 0 atom stereocenters. The number of aryl methyl sites for hydroxylation is 1. The maximum atomic E-state index is 5.87. The zero-order chi connectivity index (χ0) is 8.72. The van der Waals surface area contributed by atoms with E-state index in [1.54, 1.807) is 16.7 Å². The first-order valence-corrected chi connectivity index (χ1v) is 3.82. The van der Waals surface area contributed by atoms with Crippen LogP contribution in [0, 0.1) is 6.92 Å². The zero-order valence-corrected chi connectivity index (χ0v) is 7.21. The Morgan fingerprint density at radius 3 is 3.00 bits per heavy atom. The summed E-state index contributed by atoms with van der Waals surface area (Å²) in [5, 5.41) is 8.28. The second-order valence-corrected chi connectivity index (χ2v) is 2.97. The maximum absolute atomic E-state index is 5.87. The van der Waals surface area contributed by atoms with Crippen LogP contribution in [0.2, 0.25) is 5.02 Å². The molecule has 12 heavy (non-hydrogen) atoms. The van der Waals surface area contributed by atoms with Crippen molar-refractivity contribution in [2.75, 3.05) is 0 Å². The molecule has 0 spiro atoms. The van der Waals surface area contributed by atoms with Gasteiger partial charge in [-0.2, -0.15) is 0 Å². The van der Waals surface area contributed by atoms with Gasteiger partial charge in [0.1, 0.15) is 13.7 Å². The van der Waals surface area contributed by atoms with Gasteiger partial charge in [-0.15, -0.1) is 10.2 Å². The predicted octanol–water partition coefficient (Wildman–Crippen LogP) is 0.485. The summed E-state index contributed by atoms with van der Waals surface area (Å²) < 4.78 is 1.76. The molecule has 0 bridgehead atoms. The van der Waals surface area contributed by atoms with Crippen LogP contribution < -0.4 is 5.46 Å². The fourth-order valence-electron chi connectivity index (χ4n) is 1.08. The summed E-state index contributed by atoms with van der Waals surface area (Å²) in [6.07, 6.45) is 1.75. The van der Waals surface area contributed by atoms with Crippen LogP contribution in [-0.4, -0.2) is 22.4 Å². The van der Waals surface area contributed by atoms with Crippen LogP contribution in [0.4, 0.5) is 0 Å². The van der Waals surface area contributed by atoms with Crippen molar-refractivity contribution >= 4 is 30.6 Å². The first-order chi connectivity index (χ1) is 5.68. The zero-order valence-electron chi connectivity index (χ0n) is 6.45. The molecule has 0 amide bonds. The van der Waals surface area contributed by atoms with Gasteiger partial charge in [-0.25, -0.2) is 0 Å². The Balaban J connectivity index is 2.92. The highest BCUT2D eigenvalue weighted by Gasteiger charge is 2.04. The highest BCUT2D eigenvalue weighted by molar-refractivity contribution is 6.37. The van der Waals surface area contributed by atoms with Crippen molar-refractivity contribution in [3.63, 3.8) is 0 Å². The van der Waals surface area contributed by atoms with Gasteiger partial charge in [-0.05, 0) is 13.0 Å². The predicted molar refractivity (Wildman–Crippen MR) is 48.1 cm³/mol. The molecule has 0 saturated carbocycles. The highest BCUT2D eigenvalue weighted by atomic mass is 35.5. The summed E-state index contributed by atoms with van der Waals surface area (Å²) in [5.74, 6) is 0.777. The van der Waals surface area contributed by atoms with Crippen LogP contribution in [0.5, 0.6) is 0 Å². The molecule has 2 aromatic heterocycles. The highest BCUT2D eigenvalue weighted by Crippen LogP contribution is 2.13. The minimum absolute atomic E-state index is 0.524. The Morgan fingerprint density at radius 2 is 2.25 bits per heavy atom. The van der Waals surface area contributed by atoms with Crippen molar-refractivity contribution in [1.82, 2.24) is 14.6 Å². The van der Waals surface area contributed by atoms with Crippen LogP contribution in [0.25, 0.3) is 5.65 Å². The molecule has 0 aliphatic rings. The SMILES string of the molecule is [B]c1cc(Cl)c2nnc(C)n2c1. The molecule has 0 fully saturated rings. The molecule has 0 saturated heterocycles. The number of hydrogen-bond acceptors (Lipinski definition) is 2. The smallest absolute Gasteiger partial charge is 0.179 e. The molecule has 2 rings (SSSR count). The summed E-state index contributed by atoms with van der Waals surface area (Å²) in [5.41, 5.74) is 1.25. The van der Waals surface area contributed by atoms with Crippen LogP contribution in [0.1, 0.15) is 5.82 Å². The molecule has 0 aliphatic heterocycles. The molecule has 58 valence electrons. The van der Waals surface area contributed by atoms with Crippen LogP contribution in [0.3, 0.4) is 0 Å². The number of nitrogens with zero attached hydrogens (tertiary/aromatic N) is 3. The number of pyridine rings is 1. The molecule has 3 nitrogen and oxygen atoms in total. The molecule has 2 heterocycles. The molecule has 0 unspecified atom stereocenters. The van der Waals surface area contributed by atoms with Crippen LogP contribution in [0.15, 0.2) is 12.3 Å². The summed E-state index contributed by atoms with van der Waals surface area (Å²) in [6.45, 7) is 1.84. The monoisotopic (exact) mass is 177 g/mol. The molecule has 5 heteroatoms. The van der Waals surface area contributed by atoms with Crippen molar-refractivity contribution in [2.45, 2.75) is 6.92 Å². The van der Waals surface area contributed by atoms with Gasteiger partial charge < -0.3 is 0 Å². The molecule has 0 N–H and O–H groups in total. The maximum Gasteiger partial charge on any atom is 0.179 e. The minimum Gasteiger partial charge on any atom is -0.286 e. The quantitative estimate of drug-likeness (QED) is 0.548. The van der Waals surface area contributed by atoms with E-state index in [0.29, 0.717) is 16.1 Å². The third-order valence-corrected chi connectivity index (χ3v) is 1.93. The summed E-state index contributed by atoms with van der Waals surface area (Å²) in [6, 6.07) is 1.66. The van der Waals surface area contributed by atoms with E-state index < -0.39 is 0 Å². The number of hydrogen-bond donors (Lipinski definition) is 0. The van der Waals surface area contributed by atoms with Crippen molar-refractivity contribution in [1.29, 1.82) is 0 Å². The van der Waals surface area contributed by atoms with Gasteiger partial charge in [0.2, 0.25) is 0 Å². The Kier molecular flexibility index (Phi) is 1.58. The van der Waals surface area contributed by atoms with Gasteiger partial charge in [-0.1, -0.05) is 17.1 Å². The fourth-order valence-corrected chi connectivity index (χ4v) is 1.34. The molecule has 0 aliphatic carbocycles. The molecule has 2 radical (unpaired) electrons. The largest absolute Gasteiger partial charge is 0.286 e. The second kappa shape index (κ2) is 2.49. The topological polar surface area (TPSA) is 30.2 Å². The van der Waals surface area contributed by atoms with Crippen molar-refractivity contribution in [3.05, 3.63) is 23.1 Å². The van der Waals surface area contributed by atoms with Gasteiger partial charge >= 0.3 is 0 Å². The summed E-state index contributed by atoms with van der Waals surface area (Å²) in [7, 11) is 5.59. The molecule has 2 aromatic rings. The third kappa shape index (κ3) is 0.993. The van der Waals surface area contributed by atoms with Gasteiger partial charge in [0.15, 0.2) is 5.65 Å². The standard InChI is InChI=1S/C7H5BClN3/c1-4-10-11-7-6(9)2-5(8)3-12(4)7/h2-3H,1H3. The van der Waals surface area contributed by atoms with Gasteiger partial charge in [0.25, 0.3) is 0 Å². The van der Waals surface area contributed by atoms with Crippen molar-refractivity contribution < 1.29 is 0 Å². The van der Waals surface area contributed by atoms with E-state index in [1.807, 2.05) is 6.92 Å².